The van der Waals surface area contributed by atoms with Crippen molar-refractivity contribution in [2.75, 3.05) is 19.8 Å². The molecule has 1 N–H and O–H groups in total. The molecule has 1 fully saturated rings. The van der Waals surface area contributed by atoms with Gasteiger partial charge in [-0.2, -0.15) is 4.99 Å². The van der Waals surface area contributed by atoms with E-state index in [2.05, 4.69) is 17.1 Å². The predicted molar refractivity (Wildman–Crippen MR) is 178 cm³/mol. The number of aliphatic imine (C=N–C) groups is 1. The molecule has 0 atom stereocenters. The zero-order valence-electron chi connectivity index (χ0n) is 24.6. The van der Waals surface area contributed by atoms with Crippen LogP contribution in [0.15, 0.2) is 82.7 Å². The minimum Gasteiger partial charge on any atom is -0.490 e. The summed E-state index contributed by atoms with van der Waals surface area (Å²) in [7, 11) is 0. The number of halogens is 1. The maximum Gasteiger partial charge on any atom is 0.283 e. The summed E-state index contributed by atoms with van der Waals surface area (Å²) in [5.41, 5.74) is 3.89. The highest BCUT2D eigenvalue weighted by Crippen LogP contribution is 2.40. The highest BCUT2D eigenvalue weighted by atomic mass is 35.5. The van der Waals surface area contributed by atoms with Gasteiger partial charge in [0.2, 0.25) is 0 Å². The quantitative estimate of drug-likeness (QED) is 0.179. The second-order valence-corrected chi connectivity index (χ2v) is 12.0. The van der Waals surface area contributed by atoms with Crippen molar-refractivity contribution in [3.8, 4) is 17.2 Å². The molecule has 3 aliphatic rings. The molecule has 1 aliphatic carbocycles. The van der Waals surface area contributed by atoms with E-state index in [1.807, 2.05) is 54.8 Å². The topological polar surface area (TPSA) is 84.2 Å². The number of carbonyl (C=O) groups excluding carboxylic acids is 1. The molecular formula is C35H34ClN3O4S. The van der Waals surface area contributed by atoms with Crippen molar-refractivity contribution in [3.05, 3.63) is 99.4 Å². The largest absolute Gasteiger partial charge is 0.490 e. The average Bonchev–Trinajstić information content (AvgIpc) is 3.47. The fraction of sp³-hybridized carbons (Fsp3) is 0.286. The molecule has 3 aromatic rings. The van der Waals surface area contributed by atoms with Crippen LogP contribution < -0.4 is 14.2 Å². The number of fused-ring (bicyclic) bond motifs is 1. The van der Waals surface area contributed by atoms with Gasteiger partial charge in [-0.25, -0.2) is 0 Å². The Morgan fingerprint density at radius 2 is 1.75 bits per heavy atom. The molecule has 2 aliphatic heterocycles. The van der Waals surface area contributed by atoms with Crippen LogP contribution in [-0.4, -0.2) is 41.6 Å². The van der Waals surface area contributed by atoms with Gasteiger partial charge in [-0.05, 0) is 72.7 Å². The van der Waals surface area contributed by atoms with Crippen LogP contribution in [0.1, 0.15) is 61.6 Å². The van der Waals surface area contributed by atoms with E-state index in [1.165, 1.54) is 49.4 Å². The second-order valence-electron chi connectivity index (χ2n) is 10.8. The Hall–Kier alpha value is -4.01. The third kappa shape index (κ3) is 6.56. The molecule has 0 bridgehead atoms. The minimum atomic E-state index is -0.477. The van der Waals surface area contributed by atoms with Crippen molar-refractivity contribution in [2.24, 2.45) is 4.99 Å². The van der Waals surface area contributed by atoms with Crippen LogP contribution in [0.25, 0.3) is 11.8 Å². The number of hydrogen-bond acceptors (Lipinski definition) is 6. The maximum absolute atomic E-state index is 13.0. The van der Waals surface area contributed by atoms with Crippen LogP contribution >= 0.6 is 23.4 Å². The van der Waals surface area contributed by atoms with E-state index < -0.39 is 5.91 Å². The van der Waals surface area contributed by atoms with Gasteiger partial charge >= 0.3 is 0 Å². The van der Waals surface area contributed by atoms with Gasteiger partial charge in [0.25, 0.3) is 5.91 Å². The first-order valence-corrected chi connectivity index (χ1v) is 16.3. The lowest BCUT2D eigenvalue weighted by Gasteiger charge is -2.27. The van der Waals surface area contributed by atoms with Crippen LogP contribution in [0.5, 0.6) is 17.2 Å². The molecule has 0 unspecified atom stereocenters. The fourth-order valence-electron chi connectivity index (χ4n) is 5.73. The second kappa shape index (κ2) is 13.7. The van der Waals surface area contributed by atoms with Crippen LogP contribution in [0.4, 0.5) is 0 Å². The van der Waals surface area contributed by atoms with Crippen LogP contribution in [-0.2, 0) is 4.79 Å². The number of amides is 1. The molecule has 7 nitrogen and oxygen atoms in total. The molecule has 2 heterocycles. The SMILES string of the molecule is CCOc1cc(/C=C2/C(=N)N3C(c4ccccc4)=CSC3=NC2=O)cc(Cl)c1OCCOc1ccc(C2CCCCC2)cc1. The number of ether oxygens (including phenoxy) is 3. The Kier molecular flexibility index (Phi) is 9.38. The third-order valence-electron chi connectivity index (χ3n) is 7.88. The Labute approximate surface area is 267 Å². The first-order valence-electron chi connectivity index (χ1n) is 15.0. The maximum atomic E-state index is 13.0. The van der Waals surface area contributed by atoms with E-state index in [0.717, 1.165) is 17.0 Å². The van der Waals surface area contributed by atoms with Gasteiger partial charge in [0.15, 0.2) is 16.7 Å². The van der Waals surface area contributed by atoms with Crippen LogP contribution in [0.2, 0.25) is 5.02 Å². The number of amidine groups is 2. The summed E-state index contributed by atoms with van der Waals surface area (Å²) in [4.78, 5) is 18.9. The molecule has 6 rings (SSSR count). The Bertz CT molecular complexity index is 1630. The zero-order valence-corrected chi connectivity index (χ0v) is 26.1. The normalized spacial score (nSPS) is 17.8. The number of hydrogen-bond donors (Lipinski definition) is 1. The molecule has 0 radical (unpaired) electrons. The first-order chi connectivity index (χ1) is 21.5. The van der Waals surface area contributed by atoms with E-state index in [4.69, 9.17) is 31.2 Å². The smallest absolute Gasteiger partial charge is 0.283 e. The molecule has 44 heavy (non-hydrogen) atoms. The number of thioether (sulfide) groups is 1. The minimum absolute atomic E-state index is 0.0541. The summed E-state index contributed by atoms with van der Waals surface area (Å²) in [5.74, 6) is 1.90. The monoisotopic (exact) mass is 627 g/mol. The highest BCUT2D eigenvalue weighted by molar-refractivity contribution is 8.17. The Balaban J connectivity index is 1.13. The Morgan fingerprint density at radius 1 is 1.00 bits per heavy atom. The van der Waals surface area contributed by atoms with E-state index in [9.17, 15) is 4.79 Å². The van der Waals surface area contributed by atoms with Crippen molar-refractivity contribution in [1.29, 1.82) is 5.41 Å². The lowest BCUT2D eigenvalue weighted by Crippen LogP contribution is -2.38. The standard InChI is InChI=1S/C35H34ClN3O4S/c1-2-41-31-21-23(19-28-33(37)39-30(26-11-7-4-8-12-26)22-44-35(39)38-34(28)40)20-29(36)32(31)43-18-17-42-27-15-13-25(14-16-27)24-9-5-3-6-10-24/h4,7-8,11-16,19-22,24,37H,2-3,5-6,9-10,17-18H2,1H3/b28-19-,37-33?. The van der Waals surface area contributed by atoms with Gasteiger partial charge in [-0.1, -0.05) is 85.1 Å². The van der Waals surface area contributed by atoms with Gasteiger partial charge in [0, 0.05) is 5.41 Å². The number of nitrogens with one attached hydrogen (secondary N) is 1. The number of rotatable bonds is 10. The first kappa shape index (κ1) is 30.0. The Morgan fingerprint density at radius 3 is 2.50 bits per heavy atom. The van der Waals surface area contributed by atoms with Gasteiger partial charge in [-0.15, -0.1) is 0 Å². The van der Waals surface area contributed by atoms with Gasteiger partial charge < -0.3 is 14.2 Å². The zero-order chi connectivity index (χ0) is 30.5. The number of nitrogens with zero attached hydrogens (tertiary/aromatic N) is 2. The molecule has 9 heteroatoms. The molecule has 3 aromatic carbocycles. The molecule has 0 spiro atoms. The molecular weight excluding hydrogens is 594 g/mol. The van der Waals surface area contributed by atoms with Crippen molar-refractivity contribution in [3.63, 3.8) is 0 Å². The molecule has 1 saturated carbocycles. The van der Waals surface area contributed by atoms with Crippen molar-refractivity contribution < 1.29 is 19.0 Å². The fourth-order valence-corrected chi connectivity index (χ4v) is 6.89. The highest BCUT2D eigenvalue weighted by Gasteiger charge is 2.36. The van der Waals surface area contributed by atoms with Crippen molar-refractivity contribution >= 4 is 52.0 Å². The summed E-state index contributed by atoms with van der Waals surface area (Å²) in [6.07, 6.45) is 8.13. The lowest BCUT2D eigenvalue weighted by molar-refractivity contribution is -0.114. The summed E-state index contributed by atoms with van der Waals surface area (Å²) >= 11 is 8.01. The van der Waals surface area contributed by atoms with Crippen molar-refractivity contribution in [1.82, 2.24) is 4.90 Å². The number of carbonyl (C=O) groups is 1. The lowest BCUT2D eigenvalue weighted by atomic mass is 9.84. The molecule has 1 amide bonds. The number of benzene rings is 3. The summed E-state index contributed by atoms with van der Waals surface area (Å²) < 4.78 is 17.8. The van der Waals surface area contributed by atoms with Crippen LogP contribution in [0.3, 0.4) is 0 Å². The van der Waals surface area contributed by atoms with Gasteiger partial charge in [0.05, 0.1) is 22.9 Å². The van der Waals surface area contributed by atoms with E-state index in [-0.39, 0.29) is 18.0 Å². The van der Waals surface area contributed by atoms with E-state index in [1.54, 1.807) is 23.1 Å². The summed E-state index contributed by atoms with van der Waals surface area (Å²) in [6.45, 7) is 2.89. The summed E-state index contributed by atoms with van der Waals surface area (Å²) in [5, 5.41) is 11.6. The van der Waals surface area contributed by atoms with Crippen LogP contribution in [0, 0.1) is 5.41 Å². The molecule has 226 valence electrons. The predicted octanol–water partition coefficient (Wildman–Crippen LogP) is 8.55. The van der Waals surface area contributed by atoms with Gasteiger partial charge in [0.1, 0.15) is 24.8 Å². The average molecular weight is 628 g/mol. The molecule has 0 aromatic heterocycles. The van der Waals surface area contributed by atoms with Gasteiger partial charge in [-0.3, -0.25) is 15.1 Å². The molecule has 0 saturated heterocycles. The van der Waals surface area contributed by atoms with E-state index in [0.29, 0.717) is 46.4 Å². The summed E-state index contributed by atoms with van der Waals surface area (Å²) in [6, 6.07) is 21.6. The third-order valence-corrected chi connectivity index (χ3v) is 8.99. The van der Waals surface area contributed by atoms with E-state index >= 15 is 0 Å². The van der Waals surface area contributed by atoms with Crippen molar-refractivity contribution in [2.45, 2.75) is 44.9 Å².